The lowest BCUT2D eigenvalue weighted by Gasteiger charge is -2.14. The van der Waals surface area contributed by atoms with E-state index in [0.717, 1.165) is 19.4 Å². The highest BCUT2D eigenvalue weighted by molar-refractivity contribution is 6.35. The average Bonchev–Trinajstić information content (AvgIpc) is 3.25. The molecule has 0 unspecified atom stereocenters. The molecule has 0 aromatic heterocycles. The molecule has 0 radical (unpaired) electrons. The van der Waals surface area contributed by atoms with Crippen molar-refractivity contribution in [2.24, 2.45) is 0 Å². The quantitative estimate of drug-likeness (QED) is 0.542. The van der Waals surface area contributed by atoms with Gasteiger partial charge in [-0.25, -0.2) is 0 Å². The maximum absolute atomic E-state index is 12.5. The predicted octanol–water partition coefficient (Wildman–Crippen LogP) is 4.70. The fourth-order valence-electron chi connectivity index (χ4n) is 3.12. The van der Waals surface area contributed by atoms with Gasteiger partial charge < -0.3 is 20.1 Å². The van der Waals surface area contributed by atoms with Crippen molar-refractivity contribution in [2.45, 2.75) is 31.8 Å². The van der Waals surface area contributed by atoms with Crippen molar-refractivity contribution in [3.63, 3.8) is 0 Å². The highest BCUT2D eigenvalue weighted by Gasteiger charge is 2.18. The van der Waals surface area contributed by atoms with Crippen LogP contribution in [0.15, 0.2) is 42.5 Å². The van der Waals surface area contributed by atoms with E-state index in [1.807, 2.05) is 0 Å². The van der Waals surface area contributed by atoms with E-state index >= 15 is 0 Å². The number of benzene rings is 2. The maximum atomic E-state index is 12.5. The number of para-hydroxylation sites is 1. The Morgan fingerprint density at radius 2 is 2.00 bits per heavy atom. The van der Waals surface area contributed by atoms with Crippen LogP contribution in [0.5, 0.6) is 5.75 Å². The fraction of sp³-hybridized carbons (Fsp3) is 0.364. The molecule has 3 rings (SSSR count). The van der Waals surface area contributed by atoms with Crippen molar-refractivity contribution in [3.8, 4) is 5.75 Å². The van der Waals surface area contributed by atoms with Crippen LogP contribution >= 0.6 is 23.2 Å². The van der Waals surface area contributed by atoms with Gasteiger partial charge in [-0.15, -0.1) is 0 Å². The molecule has 1 aliphatic heterocycles. The molecule has 0 spiro atoms. The van der Waals surface area contributed by atoms with Crippen LogP contribution in [0.4, 0.5) is 5.69 Å². The summed E-state index contributed by atoms with van der Waals surface area (Å²) in [4.78, 5) is 24.8. The van der Waals surface area contributed by atoms with E-state index in [0.29, 0.717) is 46.6 Å². The molecule has 1 atom stereocenters. The SMILES string of the molecule is O=C(CCCOc1ccc(Cl)cc1Cl)Nc1ccccc1C(=O)NC[C@H]1CCCO1. The second kappa shape index (κ2) is 11.2. The van der Waals surface area contributed by atoms with Gasteiger partial charge in [-0.2, -0.15) is 0 Å². The van der Waals surface area contributed by atoms with Crippen LogP contribution in [0.25, 0.3) is 0 Å². The highest BCUT2D eigenvalue weighted by atomic mass is 35.5. The van der Waals surface area contributed by atoms with Gasteiger partial charge in [0.2, 0.25) is 5.91 Å². The molecule has 30 heavy (non-hydrogen) atoms. The third kappa shape index (κ3) is 6.62. The molecule has 1 aliphatic rings. The minimum atomic E-state index is -0.234. The van der Waals surface area contributed by atoms with Gasteiger partial charge in [-0.3, -0.25) is 9.59 Å². The first kappa shape index (κ1) is 22.4. The molecule has 8 heteroatoms. The minimum Gasteiger partial charge on any atom is -0.492 e. The Morgan fingerprint density at radius 3 is 2.77 bits per heavy atom. The number of hydrogen-bond donors (Lipinski definition) is 2. The number of carbonyl (C=O) groups is 2. The molecule has 1 heterocycles. The number of amides is 2. The summed E-state index contributed by atoms with van der Waals surface area (Å²) in [6.45, 7) is 1.53. The topological polar surface area (TPSA) is 76.7 Å². The lowest BCUT2D eigenvalue weighted by atomic mass is 10.1. The first-order valence-corrected chi connectivity index (χ1v) is 10.6. The molecular weight excluding hydrogens is 427 g/mol. The van der Waals surface area contributed by atoms with Gasteiger partial charge in [0.25, 0.3) is 5.91 Å². The van der Waals surface area contributed by atoms with Gasteiger partial charge in [0, 0.05) is 24.6 Å². The average molecular weight is 451 g/mol. The lowest BCUT2D eigenvalue weighted by molar-refractivity contribution is -0.116. The minimum absolute atomic E-state index is 0.0600. The van der Waals surface area contributed by atoms with E-state index in [-0.39, 0.29) is 24.3 Å². The molecule has 2 aromatic rings. The van der Waals surface area contributed by atoms with Gasteiger partial charge >= 0.3 is 0 Å². The standard InChI is InChI=1S/C22H24Cl2N2O4/c23-15-9-10-20(18(24)13-15)30-12-4-8-21(27)26-19-7-2-1-6-17(19)22(28)25-14-16-5-3-11-29-16/h1-2,6-7,9-10,13,16H,3-5,8,11-12,14H2,(H,25,28)(H,26,27)/t16-/m1/s1. The molecular formula is C22H24Cl2N2O4. The summed E-state index contributed by atoms with van der Waals surface area (Å²) in [5, 5.41) is 6.64. The second-order valence-electron chi connectivity index (χ2n) is 6.97. The molecule has 2 N–H and O–H groups in total. The van der Waals surface area contributed by atoms with E-state index in [2.05, 4.69) is 10.6 Å². The third-order valence-corrected chi connectivity index (χ3v) is 5.19. The first-order chi connectivity index (χ1) is 14.5. The molecule has 2 amide bonds. The zero-order valence-electron chi connectivity index (χ0n) is 16.5. The number of rotatable bonds is 9. The lowest BCUT2D eigenvalue weighted by Crippen LogP contribution is -2.32. The molecule has 1 saturated heterocycles. The van der Waals surface area contributed by atoms with E-state index in [9.17, 15) is 9.59 Å². The second-order valence-corrected chi connectivity index (χ2v) is 7.81. The molecule has 0 saturated carbocycles. The molecule has 160 valence electrons. The monoisotopic (exact) mass is 450 g/mol. The van der Waals surface area contributed by atoms with Crippen LogP contribution in [-0.2, 0) is 9.53 Å². The van der Waals surface area contributed by atoms with Gasteiger partial charge in [-0.05, 0) is 49.6 Å². The number of hydrogen-bond acceptors (Lipinski definition) is 4. The van der Waals surface area contributed by atoms with Crippen LogP contribution < -0.4 is 15.4 Å². The van der Waals surface area contributed by atoms with Gasteiger partial charge in [0.1, 0.15) is 5.75 Å². The fourth-order valence-corrected chi connectivity index (χ4v) is 3.58. The Hall–Kier alpha value is -2.28. The van der Waals surface area contributed by atoms with Crippen LogP contribution in [-0.4, -0.2) is 37.7 Å². The van der Waals surface area contributed by atoms with E-state index in [1.165, 1.54) is 0 Å². The van der Waals surface area contributed by atoms with Crippen molar-refractivity contribution in [1.82, 2.24) is 5.32 Å². The summed E-state index contributed by atoms with van der Waals surface area (Å²) in [6, 6.07) is 11.9. The summed E-state index contributed by atoms with van der Waals surface area (Å²) in [7, 11) is 0. The van der Waals surface area contributed by atoms with Crippen molar-refractivity contribution < 1.29 is 19.1 Å². The summed E-state index contributed by atoms with van der Waals surface area (Å²) in [5.74, 6) is 0.0945. The first-order valence-electron chi connectivity index (χ1n) is 9.89. The molecule has 2 aromatic carbocycles. The number of ether oxygens (including phenoxy) is 2. The van der Waals surface area contributed by atoms with E-state index in [1.54, 1.807) is 42.5 Å². The van der Waals surface area contributed by atoms with Crippen LogP contribution in [0, 0.1) is 0 Å². The smallest absolute Gasteiger partial charge is 0.253 e. The summed E-state index contributed by atoms with van der Waals surface area (Å²) < 4.78 is 11.1. The maximum Gasteiger partial charge on any atom is 0.253 e. The van der Waals surface area contributed by atoms with Crippen LogP contribution in [0.1, 0.15) is 36.0 Å². The zero-order chi connectivity index (χ0) is 21.3. The van der Waals surface area contributed by atoms with Gasteiger partial charge in [0.15, 0.2) is 0 Å². The van der Waals surface area contributed by atoms with Crippen molar-refractivity contribution in [2.75, 3.05) is 25.1 Å². The summed E-state index contributed by atoms with van der Waals surface area (Å²) in [5.41, 5.74) is 0.905. The van der Waals surface area contributed by atoms with Crippen molar-refractivity contribution in [3.05, 3.63) is 58.1 Å². The third-order valence-electron chi connectivity index (χ3n) is 4.66. The Labute approximate surface area is 185 Å². The number of halogens is 2. The van der Waals surface area contributed by atoms with Gasteiger partial charge in [0.05, 0.1) is 29.0 Å². The largest absolute Gasteiger partial charge is 0.492 e. The number of anilines is 1. The van der Waals surface area contributed by atoms with Crippen LogP contribution in [0.3, 0.4) is 0 Å². The van der Waals surface area contributed by atoms with Crippen molar-refractivity contribution >= 4 is 40.7 Å². The Balaban J connectivity index is 1.45. The summed E-state index contributed by atoms with van der Waals surface area (Å²) in [6.07, 6.45) is 2.77. The number of carbonyl (C=O) groups excluding carboxylic acids is 2. The Kier molecular flexibility index (Phi) is 8.37. The van der Waals surface area contributed by atoms with E-state index in [4.69, 9.17) is 32.7 Å². The Bertz CT molecular complexity index is 885. The Morgan fingerprint density at radius 1 is 1.17 bits per heavy atom. The molecule has 6 nitrogen and oxygen atoms in total. The highest BCUT2D eigenvalue weighted by Crippen LogP contribution is 2.27. The zero-order valence-corrected chi connectivity index (χ0v) is 18.0. The van der Waals surface area contributed by atoms with Crippen LogP contribution in [0.2, 0.25) is 10.0 Å². The normalized spacial score (nSPS) is 15.6. The molecule has 1 fully saturated rings. The van der Waals surface area contributed by atoms with Gasteiger partial charge in [-0.1, -0.05) is 35.3 Å². The number of nitrogens with one attached hydrogen (secondary N) is 2. The predicted molar refractivity (Wildman–Crippen MR) is 118 cm³/mol. The molecule has 0 aliphatic carbocycles. The molecule has 0 bridgehead atoms. The summed E-state index contributed by atoms with van der Waals surface area (Å²) >= 11 is 11.9. The van der Waals surface area contributed by atoms with E-state index < -0.39 is 0 Å². The van der Waals surface area contributed by atoms with Crippen molar-refractivity contribution in [1.29, 1.82) is 0 Å².